The van der Waals surface area contributed by atoms with Crippen LogP contribution < -0.4 is 20.7 Å². The Labute approximate surface area is 187 Å². The van der Waals surface area contributed by atoms with Crippen LogP contribution in [-0.4, -0.2) is 41.6 Å². The van der Waals surface area contributed by atoms with Crippen molar-refractivity contribution in [2.24, 2.45) is 0 Å². The molecule has 0 saturated carbocycles. The van der Waals surface area contributed by atoms with E-state index in [4.69, 9.17) is 16.3 Å². The summed E-state index contributed by atoms with van der Waals surface area (Å²) in [4.78, 5) is 27.8. The fourth-order valence-electron chi connectivity index (χ4n) is 3.01. The molecule has 3 amide bonds. The van der Waals surface area contributed by atoms with Crippen LogP contribution in [0.25, 0.3) is 0 Å². The van der Waals surface area contributed by atoms with Gasteiger partial charge in [-0.2, -0.15) is 13.2 Å². The Morgan fingerprint density at radius 3 is 2.56 bits per heavy atom. The van der Waals surface area contributed by atoms with E-state index in [2.05, 4.69) is 20.9 Å². The maximum atomic E-state index is 13.0. The normalized spacial score (nSPS) is 20.5. The number of halogens is 4. The minimum atomic E-state index is -4.57. The molecule has 2 aliphatic carbocycles. The van der Waals surface area contributed by atoms with Crippen LogP contribution in [-0.2, 0) is 0 Å². The molecule has 7 nitrogen and oxygen atoms in total. The fourth-order valence-corrected chi connectivity index (χ4v) is 3.28. The van der Waals surface area contributed by atoms with E-state index in [9.17, 15) is 22.8 Å². The quantitative estimate of drug-likeness (QED) is 0.574. The highest BCUT2D eigenvalue weighted by Crippen LogP contribution is 2.35. The molecule has 0 bridgehead atoms. The number of carbonyl (C=O) groups is 2. The molecule has 0 radical (unpaired) electrons. The molecule has 0 saturated heterocycles. The first-order chi connectivity index (χ1) is 15.2. The summed E-state index contributed by atoms with van der Waals surface area (Å²) in [5.74, 6) is 0.128. The van der Waals surface area contributed by atoms with Gasteiger partial charge in [0, 0.05) is 37.1 Å². The predicted molar refractivity (Wildman–Crippen MR) is 112 cm³/mol. The third-order valence-corrected chi connectivity index (χ3v) is 4.99. The van der Waals surface area contributed by atoms with Gasteiger partial charge in [0.05, 0.1) is 11.0 Å². The maximum absolute atomic E-state index is 13.0. The molecule has 0 aliphatic heterocycles. The monoisotopic (exact) mass is 468 g/mol. The third kappa shape index (κ3) is 6.13. The number of rotatable bonds is 5. The largest absolute Gasteiger partial charge is 0.486 e. The number of pyridine rings is 1. The standard InChI is InChI=1S/C21H20ClF3N4O3/c1-26-19(30)18-11-15(8-9-27-18)32-14-5-2-12(3-6-14)28-20(31)29-13-4-7-17(22)16(10-13)21(23,24)25/h2-5,8-11,14,17H,6-7H2,1H3,(H,26,30)(H2,28,29,31). The van der Waals surface area contributed by atoms with Crippen LogP contribution in [0, 0.1) is 0 Å². The molecule has 3 N–H and O–H groups in total. The molecule has 2 unspecified atom stereocenters. The Bertz CT molecular complexity index is 1020. The van der Waals surface area contributed by atoms with Crippen molar-refractivity contribution in [3.05, 3.63) is 71.4 Å². The zero-order chi connectivity index (χ0) is 23.3. The number of amides is 3. The molecule has 0 spiro atoms. The van der Waals surface area contributed by atoms with E-state index in [1.54, 1.807) is 24.3 Å². The molecular formula is C21H20ClF3N4O3. The first kappa shape index (κ1) is 23.4. The number of hydrogen-bond donors (Lipinski definition) is 3. The van der Waals surface area contributed by atoms with Crippen LogP contribution in [0.1, 0.15) is 23.3 Å². The second-order valence-corrected chi connectivity index (χ2v) is 7.43. The lowest BCUT2D eigenvalue weighted by molar-refractivity contribution is -0.0937. The van der Waals surface area contributed by atoms with Crippen molar-refractivity contribution in [3.8, 4) is 5.75 Å². The van der Waals surface area contributed by atoms with E-state index in [1.807, 2.05) is 0 Å². The van der Waals surface area contributed by atoms with Crippen molar-refractivity contribution in [3.63, 3.8) is 0 Å². The number of hydrogen-bond acceptors (Lipinski definition) is 4. The van der Waals surface area contributed by atoms with E-state index in [0.29, 0.717) is 17.9 Å². The summed E-state index contributed by atoms with van der Waals surface area (Å²) in [6, 6.07) is 2.46. The third-order valence-electron chi connectivity index (χ3n) is 4.58. The van der Waals surface area contributed by atoms with E-state index < -0.39 is 23.2 Å². The lowest BCUT2D eigenvalue weighted by Gasteiger charge is -2.22. The van der Waals surface area contributed by atoms with Gasteiger partial charge in [-0.1, -0.05) is 12.2 Å². The molecule has 1 aromatic rings. The van der Waals surface area contributed by atoms with Crippen LogP contribution >= 0.6 is 11.6 Å². The van der Waals surface area contributed by atoms with Gasteiger partial charge in [0.2, 0.25) is 0 Å². The zero-order valence-electron chi connectivity index (χ0n) is 16.9. The first-order valence-corrected chi connectivity index (χ1v) is 10.0. The van der Waals surface area contributed by atoms with Crippen molar-refractivity contribution in [1.29, 1.82) is 0 Å². The molecule has 1 heterocycles. The average molecular weight is 469 g/mol. The van der Waals surface area contributed by atoms with E-state index in [0.717, 1.165) is 6.08 Å². The molecule has 0 fully saturated rings. The average Bonchev–Trinajstić information content (AvgIpc) is 2.75. The fraction of sp³-hybridized carbons (Fsp3) is 0.286. The van der Waals surface area contributed by atoms with Gasteiger partial charge in [-0.15, -0.1) is 11.6 Å². The molecular weight excluding hydrogens is 449 g/mol. The zero-order valence-corrected chi connectivity index (χ0v) is 17.6. The second-order valence-electron chi connectivity index (χ2n) is 6.91. The van der Waals surface area contributed by atoms with Crippen LogP contribution in [0.3, 0.4) is 0 Å². The molecule has 1 aromatic heterocycles. The van der Waals surface area contributed by atoms with Crippen molar-refractivity contribution < 1.29 is 27.5 Å². The van der Waals surface area contributed by atoms with Crippen LogP contribution in [0.4, 0.5) is 18.0 Å². The Kier molecular flexibility index (Phi) is 7.24. The van der Waals surface area contributed by atoms with Crippen molar-refractivity contribution in [1.82, 2.24) is 20.9 Å². The van der Waals surface area contributed by atoms with E-state index >= 15 is 0 Å². The van der Waals surface area contributed by atoms with Crippen LogP contribution in [0.15, 0.2) is 65.7 Å². The van der Waals surface area contributed by atoms with Crippen LogP contribution in [0.5, 0.6) is 5.75 Å². The van der Waals surface area contributed by atoms with E-state index in [1.165, 1.54) is 25.4 Å². The van der Waals surface area contributed by atoms with E-state index in [-0.39, 0.29) is 29.8 Å². The minimum Gasteiger partial charge on any atom is -0.486 e. The number of alkyl halides is 4. The smallest absolute Gasteiger partial charge is 0.414 e. The molecule has 2 atom stereocenters. The Morgan fingerprint density at radius 2 is 1.91 bits per heavy atom. The summed E-state index contributed by atoms with van der Waals surface area (Å²) in [5, 5.41) is 6.25. The molecule has 170 valence electrons. The topological polar surface area (TPSA) is 92.4 Å². The van der Waals surface area contributed by atoms with Gasteiger partial charge in [0.1, 0.15) is 17.5 Å². The van der Waals surface area contributed by atoms with Crippen LogP contribution in [0.2, 0.25) is 0 Å². The second kappa shape index (κ2) is 9.90. The number of ether oxygens (including phenoxy) is 1. The lowest BCUT2D eigenvalue weighted by Crippen LogP contribution is -2.36. The Balaban J connectivity index is 1.53. The summed E-state index contributed by atoms with van der Waals surface area (Å²) in [6.45, 7) is 0. The number of allylic oxidation sites excluding steroid dienone is 4. The van der Waals surface area contributed by atoms with Gasteiger partial charge in [-0.25, -0.2) is 4.79 Å². The Morgan fingerprint density at radius 1 is 1.19 bits per heavy atom. The summed E-state index contributed by atoms with van der Waals surface area (Å²) >= 11 is 5.71. The van der Waals surface area contributed by atoms with Crippen molar-refractivity contribution in [2.75, 3.05) is 7.05 Å². The van der Waals surface area contributed by atoms with Gasteiger partial charge in [-0.05, 0) is 30.7 Å². The molecule has 2 aliphatic rings. The summed E-state index contributed by atoms with van der Waals surface area (Å²) < 4.78 is 44.8. The predicted octanol–water partition coefficient (Wildman–Crippen LogP) is 3.72. The summed E-state index contributed by atoms with van der Waals surface area (Å²) in [5.41, 5.74) is -0.184. The number of carbonyl (C=O) groups excluding carboxylic acids is 2. The number of nitrogens with one attached hydrogen (secondary N) is 3. The Hall–Kier alpha value is -3.27. The highest BCUT2D eigenvalue weighted by atomic mass is 35.5. The van der Waals surface area contributed by atoms with Crippen molar-refractivity contribution >= 4 is 23.5 Å². The van der Waals surface area contributed by atoms with Gasteiger partial charge in [-0.3, -0.25) is 9.78 Å². The number of nitrogens with zero attached hydrogens (tertiary/aromatic N) is 1. The molecule has 32 heavy (non-hydrogen) atoms. The molecule has 11 heteroatoms. The number of aromatic nitrogens is 1. The first-order valence-electron chi connectivity index (χ1n) is 9.60. The highest BCUT2D eigenvalue weighted by Gasteiger charge is 2.39. The minimum absolute atomic E-state index is 0.0259. The molecule has 0 aromatic carbocycles. The summed E-state index contributed by atoms with van der Waals surface area (Å²) in [6.07, 6.45) is 4.27. The van der Waals surface area contributed by atoms with Crippen molar-refractivity contribution in [2.45, 2.75) is 30.5 Å². The van der Waals surface area contributed by atoms with Gasteiger partial charge in [0.15, 0.2) is 0 Å². The highest BCUT2D eigenvalue weighted by molar-refractivity contribution is 6.22. The molecule has 3 rings (SSSR count). The maximum Gasteiger partial charge on any atom is 0.414 e. The van der Waals surface area contributed by atoms with Gasteiger partial charge < -0.3 is 20.7 Å². The SMILES string of the molecule is CNC(=O)c1cc(OC2C=CC(NC(=O)NC3=CCC(Cl)C(C(F)(F)F)=C3)=CC2)ccn1. The summed E-state index contributed by atoms with van der Waals surface area (Å²) in [7, 11) is 1.50. The lowest BCUT2D eigenvalue weighted by atomic mass is 10.0. The van der Waals surface area contributed by atoms with Gasteiger partial charge >= 0.3 is 12.2 Å². The van der Waals surface area contributed by atoms with Gasteiger partial charge in [0.25, 0.3) is 5.91 Å². The number of urea groups is 1.